The first-order valence-corrected chi connectivity index (χ1v) is 13.6. The largest absolute Gasteiger partial charge is 0.445 e. The summed E-state index contributed by atoms with van der Waals surface area (Å²) >= 11 is 2.99. The molecule has 3 rings (SSSR count). The van der Waals surface area contributed by atoms with Crippen LogP contribution in [0.2, 0.25) is 0 Å². The van der Waals surface area contributed by atoms with Crippen molar-refractivity contribution in [1.29, 1.82) is 0 Å². The van der Waals surface area contributed by atoms with Crippen LogP contribution in [0.15, 0.2) is 46.9 Å². The Balaban J connectivity index is 1.53. The molecule has 10 heteroatoms. The molecule has 208 valence electrons. The predicted molar refractivity (Wildman–Crippen MR) is 145 cm³/mol. The summed E-state index contributed by atoms with van der Waals surface area (Å²) in [6.07, 6.45) is 0.848. The van der Waals surface area contributed by atoms with Crippen molar-refractivity contribution in [3.8, 4) is 0 Å². The van der Waals surface area contributed by atoms with Crippen molar-refractivity contribution in [2.75, 3.05) is 32.7 Å². The normalized spacial score (nSPS) is 14.3. The second-order valence-corrected chi connectivity index (χ2v) is 11.2. The molecule has 2 aromatic carbocycles. The van der Waals surface area contributed by atoms with Crippen molar-refractivity contribution in [2.24, 2.45) is 0 Å². The van der Waals surface area contributed by atoms with Crippen molar-refractivity contribution >= 4 is 28.1 Å². The van der Waals surface area contributed by atoms with Crippen LogP contribution in [-0.4, -0.2) is 66.4 Å². The maximum absolute atomic E-state index is 14.3. The molecule has 1 N–H and O–H groups in total. The second-order valence-electron chi connectivity index (χ2n) is 10.3. The van der Waals surface area contributed by atoms with E-state index < -0.39 is 23.3 Å². The van der Waals surface area contributed by atoms with Gasteiger partial charge in [-0.1, -0.05) is 30.3 Å². The van der Waals surface area contributed by atoms with Crippen LogP contribution in [0.1, 0.15) is 44.7 Å². The highest BCUT2D eigenvalue weighted by Crippen LogP contribution is 2.21. The first-order valence-electron chi connectivity index (χ1n) is 12.8. The molecule has 1 saturated heterocycles. The van der Waals surface area contributed by atoms with Gasteiger partial charge in [-0.05, 0) is 79.2 Å². The van der Waals surface area contributed by atoms with Crippen LogP contribution in [0.4, 0.5) is 18.4 Å². The van der Waals surface area contributed by atoms with Crippen molar-refractivity contribution in [3.63, 3.8) is 0 Å². The standard InChI is InChI=1S/C28H36BrF2N3O4/c1-28(2,3)38-27(36)33-14-10-22(11-15-33)32-12-16-34(26(35)37-19-20-7-5-4-6-8-20)13-9-21-17-25(31)23(29)18-24(21)30/h4-8,17-18,22,32H,9-16,19H2,1-3H3. The molecular weight excluding hydrogens is 560 g/mol. The molecule has 0 bridgehead atoms. The Morgan fingerprint density at radius 2 is 1.76 bits per heavy atom. The molecule has 0 radical (unpaired) electrons. The summed E-state index contributed by atoms with van der Waals surface area (Å²) in [6.45, 7) is 7.83. The molecule has 7 nitrogen and oxygen atoms in total. The van der Waals surface area contributed by atoms with Gasteiger partial charge in [0.15, 0.2) is 0 Å². The topological polar surface area (TPSA) is 71.1 Å². The van der Waals surface area contributed by atoms with Crippen LogP contribution in [-0.2, 0) is 22.5 Å². The lowest BCUT2D eigenvalue weighted by atomic mass is 10.1. The Bertz CT molecular complexity index is 1070. The van der Waals surface area contributed by atoms with E-state index in [4.69, 9.17) is 9.47 Å². The number of ether oxygens (including phenoxy) is 2. The van der Waals surface area contributed by atoms with Gasteiger partial charge in [0.1, 0.15) is 23.8 Å². The monoisotopic (exact) mass is 595 g/mol. The van der Waals surface area contributed by atoms with Gasteiger partial charge in [0.25, 0.3) is 0 Å². The Labute approximate surface area is 231 Å². The molecule has 1 aliphatic rings. The zero-order valence-corrected chi connectivity index (χ0v) is 23.7. The fourth-order valence-electron chi connectivity index (χ4n) is 4.11. The third kappa shape index (κ3) is 9.54. The number of nitrogens with zero attached hydrogens (tertiary/aromatic N) is 2. The number of hydrogen-bond donors (Lipinski definition) is 1. The quantitative estimate of drug-likeness (QED) is 0.366. The highest BCUT2D eigenvalue weighted by molar-refractivity contribution is 9.10. The predicted octanol–water partition coefficient (Wildman–Crippen LogP) is 5.90. The number of rotatable bonds is 9. The van der Waals surface area contributed by atoms with Gasteiger partial charge in [-0.2, -0.15) is 0 Å². The molecule has 0 atom stereocenters. The van der Waals surface area contributed by atoms with E-state index >= 15 is 0 Å². The smallest absolute Gasteiger partial charge is 0.410 e. The van der Waals surface area contributed by atoms with Gasteiger partial charge in [0, 0.05) is 38.8 Å². The van der Waals surface area contributed by atoms with Crippen LogP contribution in [0, 0.1) is 11.6 Å². The van der Waals surface area contributed by atoms with Crippen LogP contribution >= 0.6 is 15.9 Å². The lowest BCUT2D eigenvalue weighted by Crippen LogP contribution is -2.48. The van der Waals surface area contributed by atoms with E-state index in [0.717, 1.165) is 30.5 Å². The number of likely N-dealkylation sites (tertiary alicyclic amines) is 1. The summed E-state index contributed by atoms with van der Waals surface area (Å²) in [4.78, 5) is 28.4. The zero-order valence-electron chi connectivity index (χ0n) is 22.1. The zero-order chi connectivity index (χ0) is 27.7. The summed E-state index contributed by atoms with van der Waals surface area (Å²) in [7, 11) is 0. The molecule has 1 fully saturated rings. The van der Waals surface area contributed by atoms with Crippen LogP contribution in [0.3, 0.4) is 0 Å². The van der Waals surface area contributed by atoms with E-state index in [-0.39, 0.29) is 41.7 Å². The second kappa shape index (κ2) is 13.9. The highest BCUT2D eigenvalue weighted by Gasteiger charge is 2.27. The molecule has 2 amide bonds. The van der Waals surface area contributed by atoms with Crippen molar-refractivity contribution in [2.45, 2.75) is 58.3 Å². The maximum atomic E-state index is 14.3. The summed E-state index contributed by atoms with van der Waals surface area (Å²) in [6, 6.07) is 11.8. The van der Waals surface area contributed by atoms with Gasteiger partial charge in [-0.15, -0.1) is 0 Å². The van der Waals surface area contributed by atoms with Gasteiger partial charge in [0.2, 0.25) is 0 Å². The van der Waals surface area contributed by atoms with E-state index in [2.05, 4.69) is 21.2 Å². The Morgan fingerprint density at radius 3 is 2.42 bits per heavy atom. The number of carbonyl (C=O) groups excluding carboxylic acids is 2. The van der Waals surface area contributed by atoms with Gasteiger partial charge in [0.05, 0.1) is 4.47 Å². The van der Waals surface area contributed by atoms with Crippen molar-refractivity contribution < 1.29 is 27.8 Å². The summed E-state index contributed by atoms with van der Waals surface area (Å²) in [5.74, 6) is -1.09. The molecule has 0 aliphatic carbocycles. The molecule has 0 aromatic heterocycles. The number of halogens is 3. The van der Waals surface area contributed by atoms with E-state index in [1.807, 2.05) is 51.1 Å². The minimum Gasteiger partial charge on any atom is -0.445 e. The number of nitrogens with one attached hydrogen (secondary N) is 1. The molecular formula is C28H36BrF2N3O4. The number of hydrogen-bond acceptors (Lipinski definition) is 5. The van der Waals surface area contributed by atoms with E-state index in [9.17, 15) is 18.4 Å². The van der Waals surface area contributed by atoms with Crippen molar-refractivity contribution in [3.05, 3.63) is 69.7 Å². The minimum absolute atomic E-state index is 0.0554. The van der Waals surface area contributed by atoms with Gasteiger partial charge >= 0.3 is 12.2 Å². The summed E-state index contributed by atoms with van der Waals surface area (Å²) in [5.41, 5.74) is 0.515. The molecule has 0 saturated carbocycles. The van der Waals surface area contributed by atoms with Gasteiger partial charge in [-0.25, -0.2) is 18.4 Å². The molecule has 2 aromatic rings. The Kier molecular flexibility index (Phi) is 10.9. The Hall–Kier alpha value is -2.72. The average molecular weight is 597 g/mol. The third-order valence-electron chi connectivity index (χ3n) is 6.17. The summed E-state index contributed by atoms with van der Waals surface area (Å²) < 4.78 is 39.3. The SMILES string of the molecule is CC(C)(C)OC(=O)N1CCC(NCCN(CCc2cc(F)c(Br)cc2F)C(=O)OCc2ccccc2)CC1. The number of piperidine rings is 1. The summed E-state index contributed by atoms with van der Waals surface area (Å²) in [5, 5.41) is 3.45. The van der Waals surface area contributed by atoms with Crippen molar-refractivity contribution in [1.82, 2.24) is 15.1 Å². The molecule has 0 unspecified atom stereocenters. The first kappa shape index (κ1) is 29.8. The van der Waals surface area contributed by atoms with Gasteiger partial charge in [-0.3, -0.25) is 0 Å². The number of amides is 2. The highest BCUT2D eigenvalue weighted by atomic mass is 79.9. The molecule has 38 heavy (non-hydrogen) atoms. The lowest BCUT2D eigenvalue weighted by Gasteiger charge is -2.34. The number of carbonyl (C=O) groups is 2. The minimum atomic E-state index is -0.556. The van der Waals surface area contributed by atoms with E-state index in [1.54, 1.807) is 4.90 Å². The Morgan fingerprint density at radius 1 is 1.08 bits per heavy atom. The molecule has 1 heterocycles. The number of benzene rings is 2. The van der Waals surface area contributed by atoms with Crippen LogP contribution < -0.4 is 5.32 Å². The van der Waals surface area contributed by atoms with E-state index in [1.165, 1.54) is 4.90 Å². The maximum Gasteiger partial charge on any atom is 0.410 e. The van der Waals surface area contributed by atoms with Crippen LogP contribution in [0.25, 0.3) is 0 Å². The fourth-order valence-corrected chi connectivity index (χ4v) is 4.43. The molecule has 0 spiro atoms. The fraction of sp³-hybridized carbons (Fsp3) is 0.500. The third-order valence-corrected chi connectivity index (χ3v) is 6.77. The van der Waals surface area contributed by atoms with E-state index in [0.29, 0.717) is 26.2 Å². The average Bonchev–Trinajstić information content (AvgIpc) is 2.87. The van der Waals surface area contributed by atoms with Crippen LogP contribution in [0.5, 0.6) is 0 Å². The lowest BCUT2D eigenvalue weighted by molar-refractivity contribution is 0.0197. The molecule has 1 aliphatic heterocycles. The van der Waals surface area contributed by atoms with Gasteiger partial charge < -0.3 is 24.6 Å². The first-order chi connectivity index (χ1) is 18.0.